The van der Waals surface area contributed by atoms with Gasteiger partial charge in [0.2, 0.25) is 0 Å². The van der Waals surface area contributed by atoms with Gasteiger partial charge in [0.15, 0.2) is 0 Å². The Labute approximate surface area is 115 Å². The molecule has 2 rings (SSSR count). The summed E-state index contributed by atoms with van der Waals surface area (Å²) in [5.74, 6) is -5.22. The standard InChI is InChI=1S/C14H14F2N2O2/c1-3-20-13(19)14(15,16)12-9-11(6-5-10(12)2)18-8-4-7-17-18/h4-9H,3H2,1-2H3. The van der Waals surface area contributed by atoms with Gasteiger partial charge in [0, 0.05) is 18.0 Å². The summed E-state index contributed by atoms with van der Waals surface area (Å²) in [6.45, 7) is 2.92. The highest BCUT2D eigenvalue weighted by atomic mass is 19.3. The van der Waals surface area contributed by atoms with Crippen molar-refractivity contribution in [1.29, 1.82) is 0 Å². The largest absolute Gasteiger partial charge is 0.461 e. The predicted octanol–water partition coefficient (Wildman–Crippen LogP) is 2.84. The summed E-state index contributed by atoms with van der Waals surface area (Å²) in [6.07, 6.45) is 3.18. The average molecular weight is 280 g/mol. The monoisotopic (exact) mass is 280 g/mol. The number of halogens is 2. The van der Waals surface area contributed by atoms with E-state index < -0.39 is 11.9 Å². The number of benzene rings is 1. The Bertz CT molecular complexity index is 610. The maximum atomic E-state index is 14.1. The molecule has 0 radical (unpaired) electrons. The van der Waals surface area contributed by atoms with E-state index >= 15 is 0 Å². The van der Waals surface area contributed by atoms with Crippen LogP contribution in [0.3, 0.4) is 0 Å². The van der Waals surface area contributed by atoms with E-state index in [1.54, 1.807) is 24.5 Å². The molecule has 20 heavy (non-hydrogen) atoms. The number of rotatable bonds is 4. The molecule has 106 valence electrons. The maximum Gasteiger partial charge on any atom is 0.381 e. The van der Waals surface area contributed by atoms with Gasteiger partial charge in [-0.1, -0.05) is 6.07 Å². The first-order valence-corrected chi connectivity index (χ1v) is 6.13. The van der Waals surface area contributed by atoms with Gasteiger partial charge in [-0.15, -0.1) is 0 Å². The zero-order valence-electron chi connectivity index (χ0n) is 11.1. The lowest BCUT2D eigenvalue weighted by atomic mass is 10.0. The zero-order chi connectivity index (χ0) is 14.8. The van der Waals surface area contributed by atoms with Crippen LogP contribution in [-0.2, 0) is 15.5 Å². The van der Waals surface area contributed by atoms with Crippen molar-refractivity contribution >= 4 is 5.97 Å². The summed E-state index contributed by atoms with van der Waals surface area (Å²) in [6, 6.07) is 6.12. The first-order valence-electron chi connectivity index (χ1n) is 6.13. The van der Waals surface area contributed by atoms with E-state index in [0.29, 0.717) is 11.3 Å². The minimum absolute atomic E-state index is 0.0910. The molecule has 0 aliphatic heterocycles. The van der Waals surface area contributed by atoms with E-state index in [4.69, 9.17) is 0 Å². The van der Waals surface area contributed by atoms with Crippen molar-refractivity contribution in [1.82, 2.24) is 9.78 Å². The van der Waals surface area contributed by atoms with Crippen molar-refractivity contribution in [2.24, 2.45) is 0 Å². The minimum Gasteiger partial charge on any atom is -0.461 e. The first kappa shape index (κ1) is 14.2. The molecule has 0 saturated carbocycles. The number of aryl methyl sites for hydroxylation is 1. The van der Waals surface area contributed by atoms with Gasteiger partial charge in [0.25, 0.3) is 0 Å². The molecule has 0 aliphatic carbocycles. The molecule has 0 atom stereocenters. The maximum absolute atomic E-state index is 14.1. The van der Waals surface area contributed by atoms with Gasteiger partial charge in [-0.05, 0) is 37.6 Å². The number of carbonyl (C=O) groups is 1. The highest BCUT2D eigenvalue weighted by molar-refractivity contribution is 5.80. The van der Waals surface area contributed by atoms with E-state index in [-0.39, 0.29) is 12.2 Å². The van der Waals surface area contributed by atoms with Crippen molar-refractivity contribution in [3.05, 3.63) is 47.8 Å². The van der Waals surface area contributed by atoms with Crippen LogP contribution in [0.5, 0.6) is 0 Å². The summed E-state index contributed by atoms with van der Waals surface area (Å²) in [5.41, 5.74) is 0.405. The Morgan fingerprint density at radius 1 is 1.45 bits per heavy atom. The van der Waals surface area contributed by atoms with Crippen LogP contribution in [0.4, 0.5) is 8.78 Å². The highest BCUT2D eigenvalue weighted by Gasteiger charge is 2.44. The minimum atomic E-state index is -3.68. The van der Waals surface area contributed by atoms with Gasteiger partial charge < -0.3 is 4.74 Å². The number of alkyl halides is 2. The number of hydrogen-bond donors (Lipinski definition) is 0. The Hall–Kier alpha value is -2.24. The SMILES string of the molecule is CCOC(=O)C(F)(F)c1cc(-n2cccn2)ccc1C. The van der Waals surface area contributed by atoms with Crippen LogP contribution >= 0.6 is 0 Å². The number of nitrogens with zero attached hydrogens (tertiary/aromatic N) is 2. The van der Waals surface area contributed by atoms with Gasteiger partial charge in [-0.25, -0.2) is 9.48 Å². The molecule has 0 amide bonds. The molecule has 0 spiro atoms. The fourth-order valence-electron chi connectivity index (χ4n) is 1.84. The van der Waals surface area contributed by atoms with Crippen LogP contribution in [0, 0.1) is 6.92 Å². The molecular formula is C14H14F2N2O2. The normalized spacial score (nSPS) is 11.4. The summed E-state index contributed by atoms with van der Waals surface area (Å²) in [5, 5.41) is 3.98. The zero-order valence-corrected chi connectivity index (χ0v) is 11.1. The molecule has 1 aromatic heterocycles. The van der Waals surface area contributed by atoms with Gasteiger partial charge in [0.1, 0.15) is 0 Å². The third-order valence-corrected chi connectivity index (χ3v) is 2.86. The third-order valence-electron chi connectivity index (χ3n) is 2.86. The predicted molar refractivity (Wildman–Crippen MR) is 68.8 cm³/mol. The fourth-order valence-corrected chi connectivity index (χ4v) is 1.84. The van der Waals surface area contributed by atoms with E-state index in [1.807, 2.05) is 0 Å². The molecular weight excluding hydrogens is 266 g/mol. The highest BCUT2D eigenvalue weighted by Crippen LogP contribution is 2.33. The second-order valence-corrected chi connectivity index (χ2v) is 4.24. The molecule has 1 heterocycles. The quantitative estimate of drug-likeness (QED) is 0.809. The summed E-state index contributed by atoms with van der Waals surface area (Å²) in [4.78, 5) is 11.4. The van der Waals surface area contributed by atoms with Crippen molar-refractivity contribution in [3.8, 4) is 5.69 Å². The second kappa shape index (κ2) is 5.40. The fraction of sp³-hybridized carbons (Fsp3) is 0.286. The van der Waals surface area contributed by atoms with Crippen LogP contribution in [0.15, 0.2) is 36.7 Å². The molecule has 2 aromatic rings. The average Bonchev–Trinajstić information content (AvgIpc) is 2.93. The molecule has 1 aromatic carbocycles. The van der Waals surface area contributed by atoms with E-state index in [0.717, 1.165) is 0 Å². The number of ether oxygens (including phenoxy) is 1. The number of aromatic nitrogens is 2. The van der Waals surface area contributed by atoms with E-state index in [2.05, 4.69) is 9.84 Å². The van der Waals surface area contributed by atoms with Crippen molar-refractivity contribution in [3.63, 3.8) is 0 Å². The molecule has 0 fully saturated rings. The first-order chi connectivity index (χ1) is 9.46. The van der Waals surface area contributed by atoms with Crippen molar-refractivity contribution in [2.75, 3.05) is 6.61 Å². The number of esters is 1. The third kappa shape index (κ3) is 2.54. The lowest BCUT2D eigenvalue weighted by Crippen LogP contribution is -2.29. The second-order valence-electron chi connectivity index (χ2n) is 4.24. The lowest BCUT2D eigenvalue weighted by Gasteiger charge is -2.18. The number of carbonyl (C=O) groups excluding carboxylic acids is 1. The van der Waals surface area contributed by atoms with Crippen LogP contribution in [-0.4, -0.2) is 22.4 Å². The van der Waals surface area contributed by atoms with Crippen LogP contribution in [0.1, 0.15) is 18.1 Å². The van der Waals surface area contributed by atoms with Crippen LogP contribution in [0.25, 0.3) is 5.69 Å². The van der Waals surface area contributed by atoms with Gasteiger partial charge in [-0.2, -0.15) is 13.9 Å². The summed E-state index contributed by atoms with van der Waals surface area (Å²) in [7, 11) is 0. The Morgan fingerprint density at radius 2 is 2.20 bits per heavy atom. The topological polar surface area (TPSA) is 44.1 Å². The molecule has 0 aliphatic rings. The van der Waals surface area contributed by atoms with E-state index in [1.165, 1.54) is 30.7 Å². The van der Waals surface area contributed by atoms with Crippen LogP contribution in [0.2, 0.25) is 0 Å². The Balaban J connectivity index is 2.45. The molecule has 0 unspecified atom stereocenters. The molecule has 0 N–H and O–H groups in total. The summed E-state index contributed by atoms with van der Waals surface area (Å²) < 4.78 is 34.1. The van der Waals surface area contributed by atoms with Gasteiger partial charge in [0.05, 0.1) is 12.3 Å². The van der Waals surface area contributed by atoms with Crippen LogP contribution < -0.4 is 0 Å². The van der Waals surface area contributed by atoms with Gasteiger partial charge >= 0.3 is 11.9 Å². The van der Waals surface area contributed by atoms with Gasteiger partial charge in [-0.3, -0.25) is 0 Å². The van der Waals surface area contributed by atoms with Crippen molar-refractivity contribution < 1.29 is 18.3 Å². The lowest BCUT2D eigenvalue weighted by molar-refractivity contribution is -0.173. The van der Waals surface area contributed by atoms with E-state index in [9.17, 15) is 13.6 Å². The molecule has 0 bridgehead atoms. The number of hydrogen-bond acceptors (Lipinski definition) is 3. The van der Waals surface area contributed by atoms with Crippen molar-refractivity contribution in [2.45, 2.75) is 19.8 Å². The Kier molecular flexibility index (Phi) is 3.83. The summed E-state index contributed by atoms with van der Waals surface area (Å²) >= 11 is 0. The smallest absolute Gasteiger partial charge is 0.381 e. The Morgan fingerprint density at radius 3 is 2.80 bits per heavy atom. The molecule has 0 saturated heterocycles. The molecule has 6 heteroatoms. The molecule has 4 nitrogen and oxygen atoms in total.